The third-order valence-electron chi connectivity index (χ3n) is 2.66. The van der Waals surface area contributed by atoms with E-state index in [1.54, 1.807) is 18.6 Å². The van der Waals surface area contributed by atoms with Crippen molar-refractivity contribution in [2.75, 3.05) is 0 Å². The van der Waals surface area contributed by atoms with Crippen LogP contribution in [-0.2, 0) is 0 Å². The van der Waals surface area contributed by atoms with Gasteiger partial charge in [0.25, 0.3) is 0 Å². The van der Waals surface area contributed by atoms with E-state index in [-0.39, 0.29) is 0 Å². The lowest BCUT2D eigenvalue weighted by atomic mass is 10.5. The van der Waals surface area contributed by atoms with Crippen LogP contribution in [0.3, 0.4) is 0 Å². The lowest BCUT2D eigenvalue weighted by Crippen LogP contribution is -1.92. The topological polar surface area (TPSA) is 38.7 Å². The first kappa shape index (κ1) is 10.6. The maximum atomic E-state index is 4.42. The highest BCUT2D eigenvalue weighted by Crippen LogP contribution is 2.26. The van der Waals surface area contributed by atoms with Crippen molar-refractivity contribution < 1.29 is 0 Å². The molecule has 0 fully saturated rings. The molecule has 18 heavy (non-hydrogen) atoms. The van der Waals surface area contributed by atoms with Crippen LogP contribution in [-0.4, -0.2) is 15.0 Å². The molecule has 3 heterocycles. The monoisotopic (exact) mass is 239 g/mol. The van der Waals surface area contributed by atoms with Crippen LogP contribution in [0.15, 0.2) is 67.1 Å². The molecule has 0 saturated carbocycles. The summed E-state index contributed by atoms with van der Waals surface area (Å²) in [6, 6.07) is 15.6. The van der Waals surface area contributed by atoms with Gasteiger partial charge >= 0.3 is 0 Å². The fourth-order valence-corrected chi connectivity index (χ4v) is 1.84. The molecule has 3 heteroatoms. The first-order valence-electron chi connectivity index (χ1n) is 5.73. The number of pyridine rings is 3. The van der Waals surface area contributed by atoms with E-state index in [1.807, 2.05) is 48.5 Å². The van der Waals surface area contributed by atoms with Gasteiger partial charge in [0, 0.05) is 24.2 Å². The molecule has 86 valence electrons. The van der Waals surface area contributed by atoms with Gasteiger partial charge in [-0.1, -0.05) is 12.1 Å². The van der Waals surface area contributed by atoms with Crippen LogP contribution in [0, 0.1) is 0 Å². The highest BCUT2D eigenvalue weighted by atomic mass is 15.7. The second-order valence-electron chi connectivity index (χ2n) is 3.83. The largest absolute Gasteiger partial charge is 0.256 e. The van der Waals surface area contributed by atoms with E-state index in [0.717, 1.165) is 22.6 Å². The van der Waals surface area contributed by atoms with Crippen molar-refractivity contribution in [1.29, 1.82) is 0 Å². The Morgan fingerprint density at radius 3 is 2.22 bits per heavy atom. The molecular weight excluding hydrogens is 228 g/mol. The Morgan fingerprint density at radius 2 is 1.50 bits per heavy atom. The first-order valence-corrected chi connectivity index (χ1v) is 5.73. The molecule has 0 unspecified atom stereocenters. The molecule has 0 bridgehead atoms. The average Bonchev–Trinajstić information content (AvgIpc) is 2.49. The van der Waals surface area contributed by atoms with Crippen LogP contribution in [0.5, 0.6) is 0 Å². The van der Waals surface area contributed by atoms with Gasteiger partial charge in [-0.25, -0.2) is 0 Å². The zero-order valence-electron chi connectivity index (χ0n) is 9.69. The zero-order valence-corrected chi connectivity index (χ0v) is 9.69. The Labute approximate surface area is 105 Å². The molecule has 3 nitrogen and oxygen atoms in total. The summed E-state index contributed by atoms with van der Waals surface area (Å²) in [6.07, 6.45) is 5.33. The molecular formula is C15H11N3. The molecule has 0 saturated heterocycles. The van der Waals surface area contributed by atoms with E-state index >= 15 is 0 Å². The van der Waals surface area contributed by atoms with Crippen molar-refractivity contribution >= 4 is 0 Å². The van der Waals surface area contributed by atoms with Gasteiger partial charge < -0.3 is 0 Å². The fourth-order valence-electron chi connectivity index (χ4n) is 1.84. The van der Waals surface area contributed by atoms with Crippen molar-refractivity contribution in [3.8, 4) is 22.6 Å². The summed E-state index contributed by atoms with van der Waals surface area (Å²) in [4.78, 5) is 13.1. The van der Waals surface area contributed by atoms with Gasteiger partial charge in [-0.05, 0) is 36.4 Å². The Kier molecular flexibility index (Phi) is 2.80. The molecule has 0 aliphatic carbocycles. The lowest BCUT2D eigenvalue weighted by molar-refractivity contribution is 1.23. The molecule has 0 amide bonds. The van der Waals surface area contributed by atoms with E-state index in [0.29, 0.717) is 0 Å². The van der Waals surface area contributed by atoms with Crippen LogP contribution in [0.25, 0.3) is 22.6 Å². The molecule has 3 rings (SSSR count). The van der Waals surface area contributed by atoms with Gasteiger partial charge in [0.05, 0.1) is 17.1 Å². The van der Waals surface area contributed by atoms with Gasteiger partial charge in [-0.2, -0.15) is 0 Å². The fraction of sp³-hybridized carbons (Fsp3) is 0. The highest BCUT2D eigenvalue weighted by molar-refractivity contribution is 5.76. The number of aromatic nitrogens is 3. The lowest BCUT2D eigenvalue weighted by Gasteiger charge is -2.06. The minimum absolute atomic E-state index is 0.858. The van der Waals surface area contributed by atoms with Crippen molar-refractivity contribution in [2.24, 2.45) is 0 Å². The van der Waals surface area contributed by atoms with Crippen molar-refractivity contribution in [1.82, 2.24) is 15.0 Å². The Hall–Kier alpha value is -2.55. The molecule has 0 aliphatic heterocycles. The van der Waals surface area contributed by atoms with Crippen molar-refractivity contribution in [2.45, 2.75) is 0 Å². The number of hydrogen-bond donors (Lipinski definition) is 0. The highest BCUT2D eigenvalue weighted by Gasteiger charge is 2.09. The summed E-state index contributed by atoms with van der Waals surface area (Å²) in [5.74, 6) is 0. The molecule has 0 aromatic carbocycles. The Morgan fingerprint density at radius 1 is 0.722 bits per heavy atom. The predicted molar refractivity (Wildman–Crippen MR) is 70.7 cm³/mol. The minimum atomic E-state index is 0.858. The molecule has 3 aromatic rings. The third kappa shape index (κ3) is 1.98. The molecule has 0 atom stereocenters. The summed E-state index contributed by atoms with van der Waals surface area (Å²) < 4.78 is 0. The smallest absolute Gasteiger partial charge is 0.0980 e. The number of rotatable bonds is 2. The van der Waals surface area contributed by atoms with Crippen LogP contribution in [0.4, 0.5) is 0 Å². The van der Waals surface area contributed by atoms with E-state index in [1.165, 1.54) is 0 Å². The summed E-state index contributed by atoms with van der Waals surface area (Å²) in [6.45, 7) is 0. The van der Waals surface area contributed by atoms with E-state index < -0.39 is 0 Å². The molecule has 0 radical (unpaired) electrons. The van der Waals surface area contributed by atoms with E-state index in [2.05, 4.69) is 15.0 Å². The van der Waals surface area contributed by atoms with Crippen LogP contribution >= 0.6 is 0 Å². The van der Waals surface area contributed by atoms with Gasteiger partial charge in [-0.15, -0.1) is 0 Å². The maximum absolute atomic E-state index is 4.42. The second kappa shape index (κ2) is 4.75. The van der Waals surface area contributed by atoms with E-state index in [4.69, 9.17) is 0 Å². The number of hydrogen-bond acceptors (Lipinski definition) is 3. The van der Waals surface area contributed by atoms with Crippen LogP contribution in [0.2, 0.25) is 0 Å². The SMILES string of the molecule is c1cc[14c](-c2cccn[14c]2-[14c]2ccccn2)nc1. The summed E-state index contributed by atoms with van der Waals surface area (Å²) in [5, 5.41) is 0. The Balaban J connectivity index is 2.18. The van der Waals surface area contributed by atoms with E-state index in [9.17, 15) is 0 Å². The average molecular weight is 239 g/mol. The van der Waals surface area contributed by atoms with Gasteiger partial charge in [0.2, 0.25) is 0 Å². The standard InChI is InChI=1S/C15H11N3/c1-3-9-16-13(7-1)12-6-5-11-18-15(12)14-8-2-4-10-17-14/h1-11H/i13+2,14+2,15+2. The third-order valence-corrected chi connectivity index (χ3v) is 2.66. The maximum Gasteiger partial charge on any atom is 0.0980 e. The molecule has 0 aliphatic rings. The quantitative estimate of drug-likeness (QED) is 0.689. The van der Waals surface area contributed by atoms with Gasteiger partial charge in [-0.3, -0.25) is 15.0 Å². The molecule has 0 spiro atoms. The Bertz CT molecular complexity index is 578. The summed E-state index contributed by atoms with van der Waals surface area (Å²) >= 11 is 0. The van der Waals surface area contributed by atoms with Gasteiger partial charge in [0.15, 0.2) is 0 Å². The molecule has 0 N–H and O–H groups in total. The van der Waals surface area contributed by atoms with Crippen molar-refractivity contribution in [3.05, 3.63) is 67.1 Å². The van der Waals surface area contributed by atoms with Crippen molar-refractivity contribution in [3.63, 3.8) is 0 Å². The zero-order chi connectivity index (χ0) is 12.2. The predicted octanol–water partition coefficient (Wildman–Crippen LogP) is 3.21. The minimum Gasteiger partial charge on any atom is -0.256 e. The molecule has 3 aromatic heterocycles. The number of nitrogens with zero attached hydrogens (tertiary/aromatic N) is 3. The normalized spacial score (nSPS) is 10.2. The van der Waals surface area contributed by atoms with Crippen LogP contribution in [0.1, 0.15) is 0 Å². The summed E-state index contributed by atoms with van der Waals surface area (Å²) in [7, 11) is 0. The van der Waals surface area contributed by atoms with Crippen LogP contribution < -0.4 is 0 Å². The summed E-state index contributed by atoms with van der Waals surface area (Å²) in [5.41, 5.74) is 3.62. The second-order valence-corrected chi connectivity index (χ2v) is 3.83. The van der Waals surface area contributed by atoms with Gasteiger partial charge in [0.1, 0.15) is 0 Å². The first-order chi connectivity index (χ1) is 8.95.